The Labute approximate surface area is 174 Å². The number of nitrogens with one attached hydrogen (secondary N) is 1. The van der Waals surface area contributed by atoms with Crippen molar-refractivity contribution in [3.8, 4) is 0 Å². The highest BCUT2D eigenvalue weighted by molar-refractivity contribution is 5.96. The number of rotatable bonds is 6. The number of hydrogen-bond acceptors (Lipinski definition) is 5. The third kappa shape index (κ3) is 4.57. The maximum atomic E-state index is 12.7. The van der Waals surface area contributed by atoms with Crippen LogP contribution in [0.3, 0.4) is 0 Å². The maximum Gasteiger partial charge on any atom is 0.274 e. The van der Waals surface area contributed by atoms with Gasteiger partial charge in [-0.05, 0) is 36.8 Å². The number of morpholine rings is 1. The van der Waals surface area contributed by atoms with Crippen LogP contribution in [0.15, 0.2) is 55.0 Å². The zero-order valence-electron chi connectivity index (χ0n) is 16.8. The van der Waals surface area contributed by atoms with E-state index in [-0.39, 0.29) is 18.4 Å². The van der Waals surface area contributed by atoms with Crippen LogP contribution in [0.1, 0.15) is 23.0 Å². The molecule has 1 N–H and O–H groups in total. The molecule has 2 amide bonds. The lowest BCUT2D eigenvalue weighted by Gasteiger charge is -2.31. The van der Waals surface area contributed by atoms with E-state index in [0.717, 1.165) is 5.56 Å². The highest BCUT2D eigenvalue weighted by Gasteiger charge is 2.30. The van der Waals surface area contributed by atoms with Gasteiger partial charge >= 0.3 is 0 Å². The average Bonchev–Trinajstić information content (AvgIpc) is 3.47. The Kier molecular flexibility index (Phi) is 5.89. The Hall–Kier alpha value is -3.46. The topological polar surface area (TPSA) is 94.3 Å². The van der Waals surface area contributed by atoms with Crippen LogP contribution in [0.2, 0.25) is 0 Å². The third-order valence-electron chi connectivity index (χ3n) is 4.96. The van der Waals surface area contributed by atoms with Gasteiger partial charge in [0.05, 0.1) is 19.7 Å². The van der Waals surface area contributed by atoms with Gasteiger partial charge in [-0.3, -0.25) is 19.0 Å². The van der Waals surface area contributed by atoms with Gasteiger partial charge in [-0.1, -0.05) is 12.1 Å². The van der Waals surface area contributed by atoms with Crippen LogP contribution >= 0.6 is 0 Å². The summed E-state index contributed by atoms with van der Waals surface area (Å²) in [6.45, 7) is 4.26. The SMILES string of the molecule is CCn1ccc(C(=O)N2CCOC(C(=O)Nc3ccc(Cn4cccn4)cc3)C2)n1. The molecule has 0 aliphatic carbocycles. The Morgan fingerprint density at radius 3 is 2.70 bits per heavy atom. The van der Waals surface area contributed by atoms with Gasteiger partial charge < -0.3 is 15.0 Å². The fraction of sp³-hybridized carbons (Fsp3) is 0.333. The molecule has 2 aromatic heterocycles. The van der Waals surface area contributed by atoms with Crippen molar-refractivity contribution in [2.75, 3.05) is 25.0 Å². The predicted molar refractivity (Wildman–Crippen MR) is 110 cm³/mol. The Morgan fingerprint density at radius 2 is 2.00 bits per heavy atom. The fourth-order valence-electron chi connectivity index (χ4n) is 3.30. The lowest BCUT2D eigenvalue weighted by Crippen LogP contribution is -2.50. The number of carbonyl (C=O) groups excluding carboxylic acids is 2. The number of nitrogens with zero attached hydrogens (tertiary/aromatic N) is 5. The molecule has 1 aliphatic heterocycles. The molecule has 3 heterocycles. The van der Waals surface area contributed by atoms with Gasteiger partial charge in [0.15, 0.2) is 6.10 Å². The smallest absolute Gasteiger partial charge is 0.274 e. The van der Waals surface area contributed by atoms with Crippen LogP contribution in [0, 0.1) is 0 Å². The highest BCUT2D eigenvalue weighted by atomic mass is 16.5. The molecule has 156 valence electrons. The molecule has 9 heteroatoms. The molecule has 1 unspecified atom stereocenters. The summed E-state index contributed by atoms with van der Waals surface area (Å²) in [4.78, 5) is 26.9. The molecule has 0 spiro atoms. The van der Waals surface area contributed by atoms with Gasteiger partial charge in [0.25, 0.3) is 11.8 Å². The van der Waals surface area contributed by atoms with Gasteiger partial charge in [0.1, 0.15) is 5.69 Å². The molecule has 1 fully saturated rings. The van der Waals surface area contributed by atoms with Gasteiger partial charge in [-0.15, -0.1) is 0 Å². The van der Waals surface area contributed by atoms with Crippen molar-refractivity contribution in [2.24, 2.45) is 0 Å². The number of ether oxygens (including phenoxy) is 1. The van der Waals surface area contributed by atoms with Crippen molar-refractivity contribution in [2.45, 2.75) is 26.1 Å². The maximum absolute atomic E-state index is 12.7. The molecular formula is C21H24N6O3. The number of hydrogen-bond donors (Lipinski definition) is 1. The number of benzene rings is 1. The van der Waals surface area contributed by atoms with Crippen molar-refractivity contribution >= 4 is 17.5 Å². The molecular weight excluding hydrogens is 384 g/mol. The van der Waals surface area contributed by atoms with E-state index in [1.807, 2.05) is 48.1 Å². The van der Waals surface area contributed by atoms with E-state index in [9.17, 15) is 9.59 Å². The zero-order chi connectivity index (χ0) is 20.9. The molecule has 9 nitrogen and oxygen atoms in total. The summed E-state index contributed by atoms with van der Waals surface area (Å²) in [5, 5.41) is 11.3. The normalized spacial score (nSPS) is 16.4. The summed E-state index contributed by atoms with van der Waals surface area (Å²) in [5.74, 6) is -0.460. The van der Waals surface area contributed by atoms with Gasteiger partial charge in [0.2, 0.25) is 0 Å². The molecule has 0 radical (unpaired) electrons. The molecule has 0 saturated carbocycles. The average molecular weight is 408 g/mol. The Morgan fingerprint density at radius 1 is 1.17 bits per heavy atom. The summed E-state index contributed by atoms with van der Waals surface area (Å²) in [6.07, 6.45) is 4.69. The summed E-state index contributed by atoms with van der Waals surface area (Å²) < 4.78 is 9.14. The standard InChI is InChI=1S/C21H24N6O3/c1-2-26-11-8-18(24-26)21(29)25-12-13-30-19(15-25)20(28)23-17-6-4-16(5-7-17)14-27-10-3-9-22-27/h3-11,19H,2,12-15H2,1H3,(H,23,28). The van der Waals surface area contributed by atoms with Crippen LogP contribution in [0.25, 0.3) is 0 Å². The second kappa shape index (κ2) is 8.91. The van der Waals surface area contributed by atoms with Crippen molar-refractivity contribution in [3.05, 3.63) is 66.2 Å². The first-order valence-electron chi connectivity index (χ1n) is 9.94. The summed E-state index contributed by atoms with van der Waals surface area (Å²) >= 11 is 0. The first-order valence-corrected chi connectivity index (χ1v) is 9.94. The van der Waals surface area contributed by atoms with Gasteiger partial charge in [-0.25, -0.2) is 0 Å². The van der Waals surface area contributed by atoms with E-state index in [1.54, 1.807) is 28.0 Å². The van der Waals surface area contributed by atoms with Crippen LogP contribution in [0.5, 0.6) is 0 Å². The lowest BCUT2D eigenvalue weighted by atomic mass is 10.2. The quantitative estimate of drug-likeness (QED) is 0.669. The van der Waals surface area contributed by atoms with Crippen LogP contribution in [-0.4, -0.2) is 62.1 Å². The molecule has 3 aromatic rings. The van der Waals surface area contributed by atoms with E-state index in [0.29, 0.717) is 37.6 Å². The molecule has 1 atom stereocenters. The molecule has 1 aromatic carbocycles. The second-order valence-corrected chi connectivity index (χ2v) is 7.06. The van der Waals surface area contributed by atoms with Crippen molar-refractivity contribution in [1.82, 2.24) is 24.5 Å². The highest BCUT2D eigenvalue weighted by Crippen LogP contribution is 2.14. The number of carbonyl (C=O) groups is 2. The first-order chi connectivity index (χ1) is 14.6. The fourth-order valence-corrected chi connectivity index (χ4v) is 3.30. The van der Waals surface area contributed by atoms with E-state index in [2.05, 4.69) is 15.5 Å². The number of aryl methyl sites for hydroxylation is 1. The number of anilines is 1. The largest absolute Gasteiger partial charge is 0.365 e. The van der Waals surface area contributed by atoms with Crippen molar-refractivity contribution < 1.29 is 14.3 Å². The molecule has 1 aliphatic rings. The molecule has 30 heavy (non-hydrogen) atoms. The Bertz CT molecular complexity index is 996. The molecule has 4 rings (SSSR count). The van der Waals surface area contributed by atoms with Crippen molar-refractivity contribution in [1.29, 1.82) is 0 Å². The summed E-state index contributed by atoms with van der Waals surface area (Å²) in [6, 6.07) is 11.2. The molecule has 0 bridgehead atoms. The predicted octanol–water partition coefficient (Wildman–Crippen LogP) is 1.63. The van der Waals surface area contributed by atoms with Crippen LogP contribution < -0.4 is 5.32 Å². The second-order valence-electron chi connectivity index (χ2n) is 7.06. The van der Waals surface area contributed by atoms with Crippen molar-refractivity contribution in [3.63, 3.8) is 0 Å². The van der Waals surface area contributed by atoms with Gasteiger partial charge in [0, 0.05) is 37.4 Å². The van der Waals surface area contributed by atoms with E-state index in [1.165, 1.54) is 0 Å². The van der Waals surface area contributed by atoms with E-state index in [4.69, 9.17) is 4.74 Å². The Balaban J connectivity index is 1.34. The lowest BCUT2D eigenvalue weighted by molar-refractivity contribution is -0.131. The minimum atomic E-state index is -0.722. The third-order valence-corrected chi connectivity index (χ3v) is 4.96. The first kappa shape index (κ1) is 19.8. The summed E-state index contributed by atoms with van der Waals surface area (Å²) in [5.41, 5.74) is 2.14. The number of amides is 2. The summed E-state index contributed by atoms with van der Waals surface area (Å²) in [7, 11) is 0. The minimum absolute atomic E-state index is 0.189. The zero-order valence-corrected chi connectivity index (χ0v) is 16.8. The minimum Gasteiger partial charge on any atom is -0.365 e. The van der Waals surface area contributed by atoms with E-state index < -0.39 is 6.10 Å². The van der Waals surface area contributed by atoms with Gasteiger partial charge in [-0.2, -0.15) is 10.2 Å². The van der Waals surface area contributed by atoms with E-state index >= 15 is 0 Å². The monoisotopic (exact) mass is 408 g/mol. The van der Waals surface area contributed by atoms with Crippen LogP contribution in [-0.2, 0) is 22.6 Å². The number of aromatic nitrogens is 4. The van der Waals surface area contributed by atoms with Crippen LogP contribution in [0.4, 0.5) is 5.69 Å². The molecule has 1 saturated heterocycles.